The molecule has 0 spiro atoms. The lowest BCUT2D eigenvalue weighted by molar-refractivity contribution is 0.520. The van der Waals surface area contributed by atoms with Gasteiger partial charge in [-0.15, -0.1) is 0 Å². The van der Waals surface area contributed by atoms with Gasteiger partial charge in [0.15, 0.2) is 0 Å². The molecule has 3 unspecified atom stereocenters. The first-order valence-electron chi connectivity index (χ1n) is 3.98. The molecule has 1 aliphatic heterocycles. The fraction of sp³-hybridized carbons (Fsp3) is 1.00. The lowest BCUT2D eigenvalue weighted by atomic mass is 10.0. The van der Waals surface area contributed by atoms with Crippen molar-refractivity contribution in [2.75, 3.05) is 5.75 Å². The molecular formula is C8H14S. The van der Waals surface area contributed by atoms with E-state index < -0.39 is 0 Å². The van der Waals surface area contributed by atoms with Crippen LogP contribution in [0.25, 0.3) is 0 Å². The Labute approximate surface area is 61.4 Å². The number of rotatable bonds is 0. The van der Waals surface area contributed by atoms with Crippen molar-refractivity contribution in [3.05, 3.63) is 0 Å². The second kappa shape index (κ2) is 2.19. The van der Waals surface area contributed by atoms with E-state index in [-0.39, 0.29) is 0 Å². The summed E-state index contributed by atoms with van der Waals surface area (Å²) in [6.07, 6.45) is 4.55. The lowest BCUT2D eigenvalue weighted by Gasteiger charge is -2.03. The highest BCUT2D eigenvalue weighted by atomic mass is 32.2. The van der Waals surface area contributed by atoms with Gasteiger partial charge in [0.1, 0.15) is 0 Å². The van der Waals surface area contributed by atoms with E-state index >= 15 is 0 Å². The van der Waals surface area contributed by atoms with E-state index in [2.05, 4.69) is 18.7 Å². The fourth-order valence-corrected chi connectivity index (χ4v) is 3.96. The summed E-state index contributed by atoms with van der Waals surface area (Å²) in [4.78, 5) is 0. The van der Waals surface area contributed by atoms with Crippen molar-refractivity contribution in [3.63, 3.8) is 0 Å². The van der Waals surface area contributed by atoms with Crippen LogP contribution in [-0.4, -0.2) is 11.0 Å². The average molecular weight is 142 g/mol. The van der Waals surface area contributed by atoms with Crippen LogP contribution in [0.3, 0.4) is 0 Å². The topological polar surface area (TPSA) is 0 Å². The molecule has 0 aromatic carbocycles. The van der Waals surface area contributed by atoms with E-state index in [4.69, 9.17) is 0 Å². The van der Waals surface area contributed by atoms with Gasteiger partial charge >= 0.3 is 0 Å². The molecule has 1 saturated carbocycles. The molecule has 0 aromatic rings. The standard InChI is InChI=1S/C8H14S/c1-6-4-7-2-3-9-8(7)5-6/h6-8H,2-5H2,1H3. The van der Waals surface area contributed by atoms with Crippen molar-refractivity contribution in [1.82, 2.24) is 0 Å². The molecule has 0 bridgehead atoms. The van der Waals surface area contributed by atoms with E-state index in [0.29, 0.717) is 0 Å². The SMILES string of the molecule is CC1CC2CCSC2C1. The van der Waals surface area contributed by atoms with E-state index in [1.165, 1.54) is 25.0 Å². The molecule has 9 heavy (non-hydrogen) atoms. The third-order valence-electron chi connectivity index (χ3n) is 2.69. The van der Waals surface area contributed by atoms with Gasteiger partial charge in [-0.1, -0.05) is 6.92 Å². The summed E-state index contributed by atoms with van der Waals surface area (Å²) < 4.78 is 0. The maximum Gasteiger partial charge on any atom is 0.00782 e. The van der Waals surface area contributed by atoms with Gasteiger partial charge in [0.2, 0.25) is 0 Å². The largest absolute Gasteiger partial charge is 0.158 e. The van der Waals surface area contributed by atoms with Gasteiger partial charge in [0, 0.05) is 5.25 Å². The van der Waals surface area contributed by atoms with Crippen LogP contribution in [0, 0.1) is 11.8 Å². The van der Waals surface area contributed by atoms with Crippen molar-refractivity contribution >= 4 is 11.8 Å². The van der Waals surface area contributed by atoms with Crippen molar-refractivity contribution < 1.29 is 0 Å². The molecule has 1 saturated heterocycles. The van der Waals surface area contributed by atoms with E-state index in [9.17, 15) is 0 Å². The molecule has 0 radical (unpaired) electrons. The van der Waals surface area contributed by atoms with Gasteiger partial charge in [-0.2, -0.15) is 11.8 Å². The second-order valence-electron chi connectivity index (χ2n) is 3.53. The summed E-state index contributed by atoms with van der Waals surface area (Å²) >= 11 is 2.22. The van der Waals surface area contributed by atoms with Crippen LogP contribution in [-0.2, 0) is 0 Å². The highest BCUT2D eigenvalue weighted by Gasteiger charge is 2.35. The second-order valence-corrected chi connectivity index (χ2v) is 4.88. The Balaban J connectivity index is 2.02. The zero-order valence-corrected chi connectivity index (χ0v) is 6.79. The third kappa shape index (κ3) is 1.000. The molecule has 0 aromatic heterocycles. The lowest BCUT2D eigenvalue weighted by Crippen LogP contribution is -2.00. The Morgan fingerprint density at radius 1 is 1.33 bits per heavy atom. The summed E-state index contributed by atoms with van der Waals surface area (Å²) in [6, 6.07) is 0. The maximum absolute atomic E-state index is 2.40. The predicted octanol–water partition coefficient (Wildman–Crippen LogP) is 2.54. The number of fused-ring (bicyclic) bond motifs is 1. The van der Waals surface area contributed by atoms with Crippen LogP contribution >= 0.6 is 11.8 Å². The van der Waals surface area contributed by atoms with Crippen molar-refractivity contribution in [2.24, 2.45) is 11.8 Å². The van der Waals surface area contributed by atoms with Crippen LogP contribution in [0.15, 0.2) is 0 Å². The summed E-state index contributed by atoms with van der Waals surface area (Å²) in [5.74, 6) is 3.60. The quantitative estimate of drug-likeness (QED) is 0.501. The van der Waals surface area contributed by atoms with Gasteiger partial charge in [-0.3, -0.25) is 0 Å². The molecule has 2 aliphatic rings. The zero-order chi connectivity index (χ0) is 6.27. The van der Waals surface area contributed by atoms with Crippen molar-refractivity contribution in [2.45, 2.75) is 31.4 Å². The first-order chi connectivity index (χ1) is 4.36. The van der Waals surface area contributed by atoms with Gasteiger partial charge in [-0.25, -0.2) is 0 Å². The van der Waals surface area contributed by atoms with Crippen molar-refractivity contribution in [3.8, 4) is 0 Å². The molecule has 2 rings (SSSR count). The van der Waals surface area contributed by atoms with Crippen LogP contribution in [0.1, 0.15) is 26.2 Å². The van der Waals surface area contributed by atoms with Gasteiger partial charge in [-0.05, 0) is 36.9 Å². The van der Waals surface area contributed by atoms with Gasteiger partial charge in [0.25, 0.3) is 0 Å². The average Bonchev–Trinajstić information content (AvgIpc) is 2.22. The smallest absolute Gasteiger partial charge is 0.00782 e. The minimum absolute atomic E-state index is 1.03. The highest BCUT2D eigenvalue weighted by Crippen LogP contribution is 2.45. The summed E-state index contributed by atoms with van der Waals surface area (Å²) in [7, 11) is 0. The molecular weight excluding hydrogens is 128 g/mol. The number of hydrogen-bond donors (Lipinski definition) is 0. The fourth-order valence-electron chi connectivity index (χ4n) is 2.23. The Bertz CT molecular complexity index is 99.1. The summed E-state index contributed by atoms with van der Waals surface area (Å²) in [6.45, 7) is 2.40. The summed E-state index contributed by atoms with van der Waals surface area (Å²) in [5.41, 5.74) is 0. The minimum Gasteiger partial charge on any atom is -0.158 e. The molecule has 3 atom stereocenters. The van der Waals surface area contributed by atoms with Crippen LogP contribution < -0.4 is 0 Å². The first kappa shape index (κ1) is 6.09. The van der Waals surface area contributed by atoms with E-state index in [0.717, 1.165) is 17.1 Å². The Morgan fingerprint density at radius 2 is 2.22 bits per heavy atom. The zero-order valence-electron chi connectivity index (χ0n) is 5.97. The van der Waals surface area contributed by atoms with Gasteiger partial charge in [0.05, 0.1) is 0 Å². The Hall–Kier alpha value is 0.350. The Kier molecular flexibility index (Phi) is 1.48. The third-order valence-corrected chi connectivity index (χ3v) is 4.16. The molecule has 0 nitrogen and oxygen atoms in total. The van der Waals surface area contributed by atoms with Crippen molar-refractivity contribution in [1.29, 1.82) is 0 Å². The molecule has 2 fully saturated rings. The van der Waals surface area contributed by atoms with Crippen LogP contribution in [0.4, 0.5) is 0 Å². The molecule has 52 valence electrons. The predicted molar refractivity (Wildman–Crippen MR) is 42.8 cm³/mol. The summed E-state index contributed by atoms with van der Waals surface area (Å²) in [5, 5.41) is 1.07. The van der Waals surface area contributed by atoms with E-state index in [1.807, 2.05) is 0 Å². The molecule has 0 amide bonds. The number of hydrogen-bond acceptors (Lipinski definition) is 1. The first-order valence-corrected chi connectivity index (χ1v) is 5.03. The highest BCUT2D eigenvalue weighted by molar-refractivity contribution is 8.00. The number of thioether (sulfide) groups is 1. The van der Waals surface area contributed by atoms with Crippen LogP contribution in [0.5, 0.6) is 0 Å². The minimum atomic E-state index is 1.03. The van der Waals surface area contributed by atoms with Crippen LogP contribution in [0.2, 0.25) is 0 Å². The molecule has 1 aliphatic carbocycles. The van der Waals surface area contributed by atoms with Gasteiger partial charge < -0.3 is 0 Å². The molecule has 0 N–H and O–H groups in total. The normalized spacial score (nSPS) is 49.7. The molecule has 1 heterocycles. The monoisotopic (exact) mass is 142 g/mol. The van der Waals surface area contributed by atoms with E-state index in [1.54, 1.807) is 0 Å². The molecule has 1 heteroatoms. The Morgan fingerprint density at radius 3 is 3.00 bits per heavy atom. The maximum atomic E-state index is 2.40.